The summed E-state index contributed by atoms with van der Waals surface area (Å²) in [5, 5.41) is 5.07. The fourth-order valence-electron chi connectivity index (χ4n) is 10.2. The monoisotopic (exact) mass is 1340 g/mol. The molecule has 9 rings (SSSR count). The van der Waals surface area contributed by atoms with Crippen molar-refractivity contribution >= 4 is 47.5 Å². The molecule has 6 aromatic carbocycles. The molecule has 2 saturated heterocycles. The molecule has 2 aliphatic heterocycles. The first-order valence-electron chi connectivity index (χ1n) is 25.4. The molecule has 6 aromatic rings. The van der Waals surface area contributed by atoms with E-state index in [0.717, 1.165) is 34.3 Å². The minimum absolute atomic E-state index is 0.0673. The van der Waals surface area contributed by atoms with Crippen LogP contribution in [0.2, 0.25) is 0 Å². The van der Waals surface area contributed by atoms with Crippen LogP contribution in [0.25, 0.3) is 35.4 Å². The SMILES string of the molecule is CC=C1COCC1=CC(/C=C/c1ccc(/C=C/C(C=C2COCC2=C/C=C/c2ccc3c(c2)C(C)(C)c2cc(/C=C/CC)ccc2-3)=C(C)[C]#[Os])cc1)=C([C]#[Os])[P+](c1ccccc1)(c1ccccc1)c1ccccc1. The first kappa shape index (κ1) is 52.8. The van der Waals surface area contributed by atoms with Crippen molar-refractivity contribution in [3.63, 3.8) is 0 Å². The third-order valence-electron chi connectivity index (χ3n) is 14.3. The number of ether oxygens (including phenoxy) is 2. The number of rotatable bonds is 14. The van der Waals surface area contributed by atoms with Crippen molar-refractivity contribution in [1.82, 2.24) is 0 Å². The van der Waals surface area contributed by atoms with Gasteiger partial charge in [0, 0.05) is 5.41 Å². The Morgan fingerprint density at radius 3 is 1.51 bits per heavy atom. The van der Waals surface area contributed by atoms with Crippen molar-refractivity contribution in [3.05, 3.63) is 278 Å². The van der Waals surface area contributed by atoms with E-state index in [2.05, 4.69) is 268 Å². The summed E-state index contributed by atoms with van der Waals surface area (Å²) in [6.45, 7) is 13.5. The van der Waals surface area contributed by atoms with Crippen LogP contribution in [0.1, 0.15) is 74.4 Å². The van der Waals surface area contributed by atoms with Crippen molar-refractivity contribution < 1.29 is 45.4 Å². The molecule has 0 atom stereocenters. The van der Waals surface area contributed by atoms with Crippen LogP contribution in [-0.2, 0) is 50.8 Å². The summed E-state index contributed by atoms with van der Waals surface area (Å²) in [7, 11) is -2.44. The Hall–Kier alpha value is -6.10. The van der Waals surface area contributed by atoms with E-state index in [0.29, 0.717) is 26.4 Å². The van der Waals surface area contributed by atoms with Gasteiger partial charge in [0.25, 0.3) is 0 Å². The van der Waals surface area contributed by atoms with Gasteiger partial charge in [0.2, 0.25) is 0 Å². The third-order valence-corrected chi connectivity index (χ3v) is 20.6. The fraction of sp³-hybridized carbons (Fsp3) is 0.159. The maximum absolute atomic E-state index is 6.05. The predicted octanol–water partition coefficient (Wildman–Crippen LogP) is 15.5. The molecule has 0 aromatic heterocycles. The third kappa shape index (κ3) is 11.4. The minimum atomic E-state index is -2.44. The molecule has 0 radical (unpaired) electrons. The first-order valence-corrected chi connectivity index (χ1v) is 29.7. The fourth-order valence-corrected chi connectivity index (χ4v) is 16.4. The quantitative estimate of drug-likeness (QED) is 0.0799. The van der Waals surface area contributed by atoms with Gasteiger partial charge in [-0.25, -0.2) is 0 Å². The van der Waals surface area contributed by atoms with Crippen LogP contribution in [0.4, 0.5) is 0 Å². The van der Waals surface area contributed by atoms with Crippen LogP contribution >= 0.6 is 7.26 Å². The van der Waals surface area contributed by atoms with Gasteiger partial charge in [0.15, 0.2) is 0 Å². The van der Waals surface area contributed by atoms with Crippen molar-refractivity contribution in [2.24, 2.45) is 0 Å². The Morgan fingerprint density at radius 1 is 0.554 bits per heavy atom. The van der Waals surface area contributed by atoms with E-state index in [1.54, 1.807) is 17.9 Å². The molecule has 0 spiro atoms. The predicted molar refractivity (Wildman–Crippen MR) is 309 cm³/mol. The summed E-state index contributed by atoms with van der Waals surface area (Å²) in [6, 6.07) is 55.8. The zero-order valence-corrected chi connectivity index (χ0v) is 48.8. The molecular formula is C69H62O2Os2P+. The van der Waals surface area contributed by atoms with Gasteiger partial charge >= 0.3 is 378 Å². The molecule has 2 nitrogen and oxygen atoms in total. The van der Waals surface area contributed by atoms with Gasteiger partial charge in [-0.15, -0.1) is 0 Å². The summed E-state index contributed by atoms with van der Waals surface area (Å²) < 4.78 is 19.4. The summed E-state index contributed by atoms with van der Waals surface area (Å²) >= 11 is 3.57. The van der Waals surface area contributed by atoms with Crippen LogP contribution in [0.5, 0.6) is 0 Å². The Kier molecular flexibility index (Phi) is 17.5. The molecule has 3 aliphatic rings. The van der Waals surface area contributed by atoms with Crippen LogP contribution in [-0.4, -0.2) is 26.4 Å². The normalized spacial score (nSPS) is 18.2. The number of allylic oxidation sites excluding steroid dienone is 12. The van der Waals surface area contributed by atoms with Gasteiger partial charge in [-0.05, 0) is 28.7 Å². The molecule has 2 fully saturated rings. The van der Waals surface area contributed by atoms with Gasteiger partial charge in [-0.3, -0.25) is 0 Å². The second-order valence-electron chi connectivity index (χ2n) is 19.3. The van der Waals surface area contributed by atoms with Crippen LogP contribution in [0, 0.1) is 8.74 Å². The van der Waals surface area contributed by atoms with Gasteiger partial charge in [-0.2, -0.15) is 0 Å². The average Bonchev–Trinajstić information content (AvgIpc) is 4.16. The van der Waals surface area contributed by atoms with E-state index in [4.69, 9.17) is 9.47 Å². The molecule has 74 heavy (non-hydrogen) atoms. The standard InChI is InChI=1S/C69H62O2P.2Os/c1-8-10-21-54-36-40-65-66-41-37-55(43-68(66)69(6,7)67(65)42-54)22-20-23-59-47-71-49-61(59)44-57(50(3)4)38-34-52-30-32-53(33-31-52)35-39-58(45-60-48-70-46-56(60)9-2)51(5)72(62-24-14-11-15-25-62,63-26-16-12-17-27-63)64-28-18-13-19-29-64;;/h9-45H,8,46-49H2,1-3,6-7H3;;/q+1;;/b21-10+,22-20+,38-34+,39-35+,56-9?,57-50?,58-51?,59-23?,60-45?,61-44?;;. The van der Waals surface area contributed by atoms with E-state index < -0.39 is 7.26 Å². The second kappa shape index (κ2) is 24.5. The molecule has 0 unspecified atom stereocenters. The average molecular weight is 1330 g/mol. The summed E-state index contributed by atoms with van der Waals surface area (Å²) in [6.07, 6.45) is 27.9. The van der Waals surface area contributed by atoms with Crippen LogP contribution in [0.15, 0.2) is 245 Å². The molecule has 2 heterocycles. The summed E-state index contributed by atoms with van der Waals surface area (Å²) in [5.41, 5.74) is 18.3. The van der Waals surface area contributed by atoms with E-state index >= 15 is 0 Å². The molecule has 0 bridgehead atoms. The van der Waals surface area contributed by atoms with Gasteiger partial charge in [0.05, 0.1) is 0 Å². The molecule has 5 heteroatoms. The number of fused-ring (bicyclic) bond motifs is 3. The Balaban J connectivity index is 0.987. The van der Waals surface area contributed by atoms with E-state index in [9.17, 15) is 0 Å². The second-order valence-corrected chi connectivity index (χ2v) is 23.9. The van der Waals surface area contributed by atoms with Crippen LogP contribution < -0.4 is 15.9 Å². The van der Waals surface area contributed by atoms with E-state index in [1.165, 1.54) is 76.9 Å². The molecule has 0 amide bonds. The Bertz CT molecular complexity index is 3360. The first-order chi connectivity index (χ1) is 36.2. The Morgan fingerprint density at radius 2 is 1.01 bits per heavy atom. The number of hydrogen-bond acceptors (Lipinski definition) is 2. The summed E-state index contributed by atoms with van der Waals surface area (Å²) in [5.74, 6) is 0. The zero-order chi connectivity index (χ0) is 51.5. The number of hydrogen-bond donors (Lipinski definition) is 0. The van der Waals surface area contributed by atoms with Crippen molar-refractivity contribution in [2.75, 3.05) is 26.4 Å². The molecule has 1 aliphatic carbocycles. The number of benzene rings is 6. The van der Waals surface area contributed by atoms with Crippen molar-refractivity contribution in [3.8, 4) is 19.9 Å². The molecule has 0 N–H and O–H groups in total. The Labute approximate surface area is 460 Å². The summed E-state index contributed by atoms with van der Waals surface area (Å²) in [4.78, 5) is 0. The van der Waals surface area contributed by atoms with E-state index in [-0.39, 0.29) is 5.41 Å². The van der Waals surface area contributed by atoms with Gasteiger partial charge in [-0.1, -0.05) is 51.1 Å². The van der Waals surface area contributed by atoms with Gasteiger partial charge < -0.3 is 0 Å². The maximum atomic E-state index is 6.05. The zero-order valence-electron chi connectivity index (χ0n) is 42.9. The van der Waals surface area contributed by atoms with E-state index in [1.807, 2.05) is 17.9 Å². The molecule has 0 saturated carbocycles. The van der Waals surface area contributed by atoms with Gasteiger partial charge in [0.1, 0.15) is 0 Å². The topological polar surface area (TPSA) is 18.5 Å². The van der Waals surface area contributed by atoms with Crippen molar-refractivity contribution in [1.29, 1.82) is 0 Å². The molecule has 370 valence electrons. The van der Waals surface area contributed by atoms with Crippen molar-refractivity contribution in [2.45, 2.75) is 46.5 Å². The van der Waals surface area contributed by atoms with Crippen LogP contribution in [0.3, 0.4) is 0 Å². The molecular weight excluding hydrogens is 1270 g/mol.